The maximum atomic E-state index is 12.7. The summed E-state index contributed by atoms with van der Waals surface area (Å²) in [6, 6.07) is 0. The largest absolute Gasteiger partial charge is 0.462 e. The highest BCUT2D eigenvalue weighted by molar-refractivity contribution is 5.71. The van der Waals surface area contributed by atoms with E-state index in [0.29, 0.717) is 19.3 Å². The Balaban J connectivity index is 4.35. The zero-order valence-corrected chi connectivity index (χ0v) is 36.7. The maximum absolute atomic E-state index is 12.7. The van der Waals surface area contributed by atoms with Crippen LogP contribution in [0.3, 0.4) is 0 Å². The van der Waals surface area contributed by atoms with Gasteiger partial charge in [-0.3, -0.25) is 14.4 Å². The van der Waals surface area contributed by atoms with Gasteiger partial charge in [0.15, 0.2) is 6.10 Å². The zero-order chi connectivity index (χ0) is 40.1. The highest BCUT2D eigenvalue weighted by Crippen LogP contribution is 2.15. The summed E-state index contributed by atoms with van der Waals surface area (Å²) in [5, 5.41) is 0. The minimum Gasteiger partial charge on any atom is -0.462 e. The van der Waals surface area contributed by atoms with Crippen LogP contribution >= 0.6 is 0 Å². The number of allylic oxidation sites excluding steroid dienone is 4. The van der Waals surface area contributed by atoms with Gasteiger partial charge in [0.25, 0.3) is 0 Å². The van der Waals surface area contributed by atoms with Crippen molar-refractivity contribution in [1.82, 2.24) is 0 Å². The van der Waals surface area contributed by atoms with Crippen LogP contribution in [-0.4, -0.2) is 37.2 Å². The normalized spacial score (nSPS) is 12.1. The number of carbonyl (C=O) groups excluding carboxylic acids is 3. The standard InChI is InChI=1S/C49H90O6/c1-4-7-10-13-16-19-22-23-24-25-28-30-33-36-39-42-48(51)54-45-46(55-49(52)43-40-37-34-31-27-21-18-15-12-9-6-3)44-53-47(50)41-38-35-32-29-26-20-17-14-11-8-5-2/h14,17,23-24,46H,4-13,15-16,18-22,25-45H2,1-3H3/b17-14-,24-23-/t46-/m0/s1. The molecule has 0 aromatic heterocycles. The number of hydrogen-bond donors (Lipinski definition) is 0. The van der Waals surface area contributed by atoms with E-state index in [1.165, 1.54) is 141 Å². The second kappa shape index (κ2) is 44.6. The predicted octanol–water partition coefficient (Wildman–Crippen LogP) is 15.2. The van der Waals surface area contributed by atoms with Crippen LogP contribution in [-0.2, 0) is 28.6 Å². The van der Waals surface area contributed by atoms with E-state index in [1.807, 2.05) is 0 Å². The summed E-state index contributed by atoms with van der Waals surface area (Å²) in [6.45, 7) is 6.58. The topological polar surface area (TPSA) is 78.9 Å². The molecule has 0 heterocycles. The minimum absolute atomic E-state index is 0.0753. The second-order valence-electron chi connectivity index (χ2n) is 16.0. The fourth-order valence-electron chi connectivity index (χ4n) is 6.77. The number of unbranched alkanes of at least 4 members (excludes halogenated alkanes) is 28. The first-order valence-corrected chi connectivity index (χ1v) is 23.8. The van der Waals surface area contributed by atoms with Crippen molar-refractivity contribution in [2.75, 3.05) is 13.2 Å². The van der Waals surface area contributed by atoms with Gasteiger partial charge in [-0.05, 0) is 64.2 Å². The summed E-state index contributed by atoms with van der Waals surface area (Å²) in [4.78, 5) is 37.7. The Kier molecular flexibility index (Phi) is 42.9. The van der Waals surface area contributed by atoms with Crippen molar-refractivity contribution in [3.8, 4) is 0 Å². The third kappa shape index (κ3) is 42.9. The number of hydrogen-bond acceptors (Lipinski definition) is 6. The fourth-order valence-corrected chi connectivity index (χ4v) is 6.77. The van der Waals surface area contributed by atoms with Gasteiger partial charge in [0, 0.05) is 19.3 Å². The molecular weight excluding hydrogens is 685 g/mol. The van der Waals surface area contributed by atoms with Crippen LogP contribution in [0.2, 0.25) is 0 Å². The molecule has 0 unspecified atom stereocenters. The quantitative estimate of drug-likeness (QED) is 0.0266. The third-order valence-corrected chi connectivity index (χ3v) is 10.4. The van der Waals surface area contributed by atoms with Gasteiger partial charge in [0.1, 0.15) is 13.2 Å². The number of rotatable bonds is 43. The Morgan fingerprint density at radius 1 is 0.345 bits per heavy atom. The van der Waals surface area contributed by atoms with E-state index in [9.17, 15) is 14.4 Å². The van der Waals surface area contributed by atoms with Gasteiger partial charge in [-0.15, -0.1) is 0 Å². The van der Waals surface area contributed by atoms with Crippen molar-refractivity contribution >= 4 is 17.9 Å². The van der Waals surface area contributed by atoms with Gasteiger partial charge in [-0.25, -0.2) is 0 Å². The molecule has 0 aromatic rings. The summed E-state index contributed by atoms with van der Waals surface area (Å²) >= 11 is 0. The molecule has 0 saturated carbocycles. The van der Waals surface area contributed by atoms with Gasteiger partial charge in [0.2, 0.25) is 0 Å². The SMILES string of the molecule is CCCC/C=C\CCCCCCCC(=O)OC[C@@H](COC(=O)CCCCCCC/C=C\CCCCCCCC)OC(=O)CCCCCCCCCCCCC. The lowest BCUT2D eigenvalue weighted by molar-refractivity contribution is -0.167. The van der Waals surface area contributed by atoms with Crippen LogP contribution in [0.5, 0.6) is 0 Å². The van der Waals surface area contributed by atoms with Gasteiger partial charge >= 0.3 is 17.9 Å². The Bertz CT molecular complexity index is 896. The molecule has 1 atom stereocenters. The van der Waals surface area contributed by atoms with Crippen LogP contribution in [0.15, 0.2) is 24.3 Å². The molecular formula is C49H90O6. The first kappa shape index (κ1) is 52.9. The molecule has 55 heavy (non-hydrogen) atoms. The molecule has 0 aliphatic carbocycles. The molecule has 6 nitrogen and oxygen atoms in total. The fraction of sp³-hybridized carbons (Fsp3) is 0.857. The van der Waals surface area contributed by atoms with E-state index in [4.69, 9.17) is 14.2 Å². The summed E-state index contributed by atoms with van der Waals surface area (Å²) in [5.74, 6) is -0.887. The summed E-state index contributed by atoms with van der Waals surface area (Å²) in [7, 11) is 0. The van der Waals surface area contributed by atoms with E-state index in [2.05, 4.69) is 45.1 Å². The summed E-state index contributed by atoms with van der Waals surface area (Å²) < 4.78 is 16.7. The molecule has 0 bridgehead atoms. The number of ether oxygens (including phenoxy) is 3. The molecule has 0 fully saturated rings. The second-order valence-corrected chi connectivity index (χ2v) is 16.0. The Morgan fingerprint density at radius 3 is 0.964 bits per heavy atom. The third-order valence-electron chi connectivity index (χ3n) is 10.4. The molecule has 0 saturated heterocycles. The van der Waals surface area contributed by atoms with E-state index in [-0.39, 0.29) is 31.1 Å². The predicted molar refractivity (Wildman–Crippen MR) is 233 cm³/mol. The average Bonchev–Trinajstić information content (AvgIpc) is 3.18. The molecule has 6 heteroatoms. The Labute approximate surface area is 341 Å². The van der Waals surface area contributed by atoms with E-state index < -0.39 is 6.10 Å². The van der Waals surface area contributed by atoms with Crippen LogP contribution in [0.25, 0.3) is 0 Å². The Hall–Kier alpha value is -2.11. The molecule has 0 radical (unpaired) electrons. The van der Waals surface area contributed by atoms with Crippen molar-refractivity contribution < 1.29 is 28.6 Å². The molecule has 0 amide bonds. The monoisotopic (exact) mass is 775 g/mol. The minimum atomic E-state index is -0.771. The number of carbonyl (C=O) groups is 3. The summed E-state index contributed by atoms with van der Waals surface area (Å²) in [5.41, 5.74) is 0. The number of esters is 3. The zero-order valence-electron chi connectivity index (χ0n) is 36.7. The lowest BCUT2D eigenvalue weighted by Crippen LogP contribution is -2.30. The van der Waals surface area contributed by atoms with Crippen LogP contribution in [0, 0.1) is 0 Å². The lowest BCUT2D eigenvalue weighted by Gasteiger charge is -2.18. The van der Waals surface area contributed by atoms with E-state index in [1.54, 1.807) is 0 Å². The molecule has 0 aromatic carbocycles. The average molecular weight is 775 g/mol. The van der Waals surface area contributed by atoms with Crippen molar-refractivity contribution in [1.29, 1.82) is 0 Å². The molecule has 0 rings (SSSR count). The van der Waals surface area contributed by atoms with Crippen molar-refractivity contribution in [3.05, 3.63) is 24.3 Å². The first-order chi connectivity index (χ1) is 27.0. The van der Waals surface area contributed by atoms with Crippen molar-refractivity contribution in [2.24, 2.45) is 0 Å². The molecule has 322 valence electrons. The van der Waals surface area contributed by atoms with Gasteiger partial charge in [-0.1, -0.05) is 193 Å². The molecule has 0 N–H and O–H groups in total. The van der Waals surface area contributed by atoms with Crippen LogP contribution < -0.4 is 0 Å². The van der Waals surface area contributed by atoms with Gasteiger partial charge < -0.3 is 14.2 Å². The maximum Gasteiger partial charge on any atom is 0.306 e. The highest BCUT2D eigenvalue weighted by Gasteiger charge is 2.19. The van der Waals surface area contributed by atoms with E-state index >= 15 is 0 Å². The van der Waals surface area contributed by atoms with Gasteiger partial charge in [0.05, 0.1) is 0 Å². The van der Waals surface area contributed by atoms with Crippen molar-refractivity contribution in [3.63, 3.8) is 0 Å². The van der Waals surface area contributed by atoms with E-state index in [0.717, 1.165) is 70.6 Å². The van der Waals surface area contributed by atoms with Crippen molar-refractivity contribution in [2.45, 2.75) is 258 Å². The Morgan fingerprint density at radius 2 is 0.618 bits per heavy atom. The lowest BCUT2D eigenvalue weighted by atomic mass is 10.1. The molecule has 0 aliphatic rings. The smallest absolute Gasteiger partial charge is 0.306 e. The van der Waals surface area contributed by atoms with Crippen LogP contribution in [0.1, 0.15) is 252 Å². The van der Waals surface area contributed by atoms with Gasteiger partial charge in [-0.2, -0.15) is 0 Å². The highest BCUT2D eigenvalue weighted by atomic mass is 16.6. The summed E-state index contributed by atoms with van der Waals surface area (Å²) in [6.07, 6.45) is 48.7. The van der Waals surface area contributed by atoms with Crippen LogP contribution in [0.4, 0.5) is 0 Å². The molecule has 0 aliphatic heterocycles. The first-order valence-electron chi connectivity index (χ1n) is 23.8. The molecule has 0 spiro atoms.